The van der Waals surface area contributed by atoms with Crippen molar-refractivity contribution in [3.05, 3.63) is 47.2 Å². The number of anilines is 1. The van der Waals surface area contributed by atoms with Crippen LogP contribution in [0.1, 0.15) is 48.6 Å². The summed E-state index contributed by atoms with van der Waals surface area (Å²) in [5.74, 6) is 1.91. The molecule has 144 valence electrons. The molecule has 4 rings (SSSR count). The van der Waals surface area contributed by atoms with Crippen LogP contribution in [0.2, 0.25) is 0 Å². The van der Waals surface area contributed by atoms with Gasteiger partial charge in [0.1, 0.15) is 11.6 Å². The Kier molecular flexibility index (Phi) is 5.36. The van der Waals surface area contributed by atoms with Crippen molar-refractivity contribution in [3.63, 3.8) is 0 Å². The van der Waals surface area contributed by atoms with E-state index in [2.05, 4.69) is 47.3 Å². The minimum atomic E-state index is 0.367. The second-order valence-electron chi connectivity index (χ2n) is 7.88. The van der Waals surface area contributed by atoms with Crippen LogP contribution in [0.4, 0.5) is 5.82 Å². The molecule has 6 heteroatoms. The third kappa shape index (κ3) is 3.96. The molecule has 1 aliphatic carbocycles. The summed E-state index contributed by atoms with van der Waals surface area (Å²) in [6.45, 7) is 8.07. The number of rotatable bonds is 4. The number of fused-ring (bicyclic) bond motifs is 1. The molecule has 1 saturated heterocycles. The van der Waals surface area contributed by atoms with Crippen molar-refractivity contribution in [2.24, 2.45) is 0 Å². The summed E-state index contributed by atoms with van der Waals surface area (Å²) in [6.07, 6.45) is 5.45. The minimum absolute atomic E-state index is 0.367. The molecule has 1 fully saturated rings. The Morgan fingerprint density at radius 3 is 3.07 bits per heavy atom. The molecule has 2 aliphatic rings. The van der Waals surface area contributed by atoms with Crippen molar-refractivity contribution in [1.82, 2.24) is 25.2 Å². The molecule has 0 amide bonds. The van der Waals surface area contributed by atoms with E-state index >= 15 is 0 Å². The molecule has 6 nitrogen and oxygen atoms in total. The van der Waals surface area contributed by atoms with Crippen molar-refractivity contribution in [2.45, 2.75) is 51.7 Å². The molecule has 0 aromatic carbocycles. The van der Waals surface area contributed by atoms with Crippen molar-refractivity contribution in [1.29, 1.82) is 0 Å². The van der Waals surface area contributed by atoms with Crippen LogP contribution in [0.25, 0.3) is 0 Å². The van der Waals surface area contributed by atoms with Gasteiger partial charge in [0, 0.05) is 44.5 Å². The molecule has 2 atom stereocenters. The maximum absolute atomic E-state index is 4.73. The van der Waals surface area contributed by atoms with Crippen LogP contribution in [-0.4, -0.2) is 52.6 Å². The quantitative estimate of drug-likeness (QED) is 0.897. The molecular formula is C21H30N6. The standard InChI is InChI=1S/C21H30N6/c1-15-13-22-10-11-27(15)20-12-18(24-16(2)25-20)14-26(3)19-8-4-6-17-7-5-9-23-21(17)19/h5,7,9,12,15,19,22H,4,6,8,10-11,13-14H2,1-3H3/t15-,19?/m1/s1. The molecule has 0 bridgehead atoms. The van der Waals surface area contributed by atoms with Crippen LogP contribution >= 0.6 is 0 Å². The Bertz CT molecular complexity index is 792. The number of aromatic nitrogens is 3. The monoisotopic (exact) mass is 366 g/mol. The van der Waals surface area contributed by atoms with Crippen molar-refractivity contribution >= 4 is 5.82 Å². The summed E-state index contributed by atoms with van der Waals surface area (Å²) in [4.78, 5) is 18.9. The van der Waals surface area contributed by atoms with E-state index in [1.165, 1.54) is 17.7 Å². The summed E-state index contributed by atoms with van der Waals surface area (Å²) in [5.41, 5.74) is 3.73. The number of nitrogens with one attached hydrogen (secondary N) is 1. The van der Waals surface area contributed by atoms with Gasteiger partial charge in [0.2, 0.25) is 0 Å². The molecule has 0 saturated carbocycles. The van der Waals surface area contributed by atoms with Crippen molar-refractivity contribution < 1.29 is 0 Å². The number of nitrogens with zero attached hydrogens (tertiary/aromatic N) is 5. The zero-order chi connectivity index (χ0) is 18.8. The largest absolute Gasteiger partial charge is 0.351 e. The van der Waals surface area contributed by atoms with Gasteiger partial charge in [-0.2, -0.15) is 0 Å². The Labute approximate surface area is 162 Å². The SMILES string of the molecule is Cc1nc(CN(C)C2CCCc3cccnc32)cc(N2CCNC[C@H]2C)n1. The fourth-order valence-corrected chi connectivity index (χ4v) is 4.40. The maximum atomic E-state index is 4.73. The summed E-state index contributed by atoms with van der Waals surface area (Å²) in [5, 5.41) is 3.45. The third-order valence-electron chi connectivity index (χ3n) is 5.78. The molecule has 0 spiro atoms. The van der Waals surface area contributed by atoms with Gasteiger partial charge in [-0.1, -0.05) is 6.07 Å². The zero-order valence-corrected chi connectivity index (χ0v) is 16.6. The molecule has 0 radical (unpaired) electrons. The van der Waals surface area contributed by atoms with Crippen LogP contribution in [0, 0.1) is 6.92 Å². The minimum Gasteiger partial charge on any atom is -0.351 e. The van der Waals surface area contributed by atoms with Crippen LogP contribution in [0.15, 0.2) is 24.4 Å². The number of pyridine rings is 1. The summed E-state index contributed by atoms with van der Waals surface area (Å²) in [6, 6.07) is 7.27. The Balaban J connectivity index is 1.54. The lowest BCUT2D eigenvalue weighted by atomic mass is 9.91. The number of piperazine rings is 1. The fraction of sp³-hybridized carbons (Fsp3) is 0.571. The zero-order valence-electron chi connectivity index (χ0n) is 16.6. The van der Waals surface area contributed by atoms with Crippen molar-refractivity contribution in [3.8, 4) is 0 Å². The van der Waals surface area contributed by atoms with Gasteiger partial charge in [-0.05, 0) is 51.8 Å². The van der Waals surface area contributed by atoms with Gasteiger partial charge in [-0.25, -0.2) is 9.97 Å². The first-order valence-corrected chi connectivity index (χ1v) is 10.1. The van der Waals surface area contributed by atoms with Crippen LogP contribution in [0.5, 0.6) is 0 Å². The Morgan fingerprint density at radius 1 is 1.33 bits per heavy atom. The van der Waals surface area contributed by atoms with Crippen molar-refractivity contribution in [2.75, 3.05) is 31.6 Å². The number of hydrogen-bond donors (Lipinski definition) is 1. The first-order valence-electron chi connectivity index (χ1n) is 10.1. The summed E-state index contributed by atoms with van der Waals surface area (Å²) >= 11 is 0. The first kappa shape index (κ1) is 18.3. The van der Waals surface area contributed by atoms with E-state index < -0.39 is 0 Å². The second kappa shape index (κ2) is 7.90. The molecule has 2 aromatic heterocycles. The smallest absolute Gasteiger partial charge is 0.132 e. The molecule has 1 unspecified atom stereocenters. The number of hydrogen-bond acceptors (Lipinski definition) is 6. The van der Waals surface area contributed by atoms with Crippen LogP contribution in [-0.2, 0) is 13.0 Å². The third-order valence-corrected chi connectivity index (χ3v) is 5.78. The van der Waals surface area contributed by atoms with E-state index in [9.17, 15) is 0 Å². The average molecular weight is 367 g/mol. The van der Waals surface area contributed by atoms with Crippen LogP contribution < -0.4 is 10.2 Å². The van der Waals surface area contributed by atoms with Gasteiger partial charge in [0.25, 0.3) is 0 Å². The van der Waals surface area contributed by atoms with Crippen LogP contribution in [0.3, 0.4) is 0 Å². The van der Waals surface area contributed by atoms with E-state index in [1.54, 1.807) is 0 Å². The highest BCUT2D eigenvalue weighted by atomic mass is 15.3. The van der Waals surface area contributed by atoms with E-state index in [-0.39, 0.29) is 0 Å². The van der Waals surface area contributed by atoms with Gasteiger partial charge in [0.15, 0.2) is 0 Å². The molecule has 2 aromatic rings. The highest BCUT2D eigenvalue weighted by Gasteiger charge is 2.26. The second-order valence-corrected chi connectivity index (χ2v) is 7.88. The molecule has 3 heterocycles. The molecule has 27 heavy (non-hydrogen) atoms. The summed E-state index contributed by atoms with van der Waals surface area (Å²) in [7, 11) is 2.19. The van der Waals surface area contributed by atoms with Gasteiger partial charge in [0.05, 0.1) is 17.4 Å². The topological polar surface area (TPSA) is 57.2 Å². The fourth-order valence-electron chi connectivity index (χ4n) is 4.40. The van der Waals surface area contributed by atoms with Gasteiger partial charge in [-0.15, -0.1) is 0 Å². The normalized spacial score (nSPS) is 22.7. The highest BCUT2D eigenvalue weighted by molar-refractivity contribution is 5.42. The van der Waals surface area contributed by atoms with E-state index in [1.807, 2.05) is 13.1 Å². The summed E-state index contributed by atoms with van der Waals surface area (Å²) < 4.78 is 0. The Morgan fingerprint density at radius 2 is 2.22 bits per heavy atom. The van der Waals surface area contributed by atoms with Gasteiger partial charge >= 0.3 is 0 Å². The lowest BCUT2D eigenvalue weighted by molar-refractivity contribution is 0.206. The molecular weight excluding hydrogens is 336 g/mol. The molecule has 1 aliphatic heterocycles. The van der Waals surface area contributed by atoms with Gasteiger partial charge < -0.3 is 10.2 Å². The van der Waals surface area contributed by atoms with E-state index in [0.717, 1.165) is 56.4 Å². The lowest BCUT2D eigenvalue weighted by Gasteiger charge is -2.35. The maximum Gasteiger partial charge on any atom is 0.132 e. The predicted octanol–water partition coefficient (Wildman–Crippen LogP) is 2.49. The van der Waals surface area contributed by atoms with Gasteiger partial charge in [-0.3, -0.25) is 9.88 Å². The average Bonchev–Trinajstić information content (AvgIpc) is 2.67. The predicted molar refractivity (Wildman–Crippen MR) is 108 cm³/mol. The highest BCUT2D eigenvalue weighted by Crippen LogP contribution is 2.32. The van der Waals surface area contributed by atoms with E-state index in [4.69, 9.17) is 15.0 Å². The molecule has 1 N–H and O–H groups in total. The first-order chi connectivity index (χ1) is 13.1. The lowest BCUT2D eigenvalue weighted by Crippen LogP contribution is -2.50. The van der Waals surface area contributed by atoms with E-state index in [0.29, 0.717) is 12.1 Å². The number of aryl methyl sites for hydroxylation is 2. The Hall–Kier alpha value is -2.05.